The van der Waals surface area contributed by atoms with Crippen molar-refractivity contribution < 1.29 is 19.1 Å². The number of rotatable bonds is 7. The standard InChI is InChI=1S/C28H27N5O4S/c1-2-37-24(34)23-22(19-6-4-3-5-7-19)32-27(38-23)33-25(35)28(12-14-36-15-13-28)21-10-8-18(9-11-21)20-16-30-26(29)31-17-20/h3-11,16-17H,2,12-15H2,1H3,(H2,29,30,31)(H,32,33,35). The minimum atomic E-state index is -0.808. The zero-order valence-corrected chi connectivity index (χ0v) is 21.7. The number of esters is 1. The zero-order chi connectivity index (χ0) is 26.5. The molecule has 3 N–H and O–H groups in total. The molecule has 0 saturated carbocycles. The number of hydrogen-bond donors (Lipinski definition) is 2. The van der Waals surface area contributed by atoms with Crippen LogP contribution in [-0.4, -0.2) is 46.6 Å². The van der Waals surface area contributed by atoms with Crippen molar-refractivity contribution in [2.45, 2.75) is 25.2 Å². The van der Waals surface area contributed by atoms with E-state index in [1.165, 1.54) is 0 Å². The SMILES string of the molecule is CCOC(=O)c1sc(NC(=O)C2(c3ccc(-c4cnc(N)nc4)cc3)CCOCC2)nc1-c1ccccc1. The molecule has 2 aromatic carbocycles. The van der Waals surface area contributed by atoms with Gasteiger partial charge in [0.2, 0.25) is 11.9 Å². The van der Waals surface area contributed by atoms with Crippen molar-refractivity contribution in [3.63, 3.8) is 0 Å². The molecule has 1 saturated heterocycles. The first-order valence-electron chi connectivity index (χ1n) is 12.3. The van der Waals surface area contributed by atoms with Crippen LogP contribution in [0.5, 0.6) is 0 Å². The predicted octanol–water partition coefficient (Wildman–Crippen LogP) is 4.71. The molecule has 9 nitrogen and oxygen atoms in total. The number of nitrogens with two attached hydrogens (primary N) is 1. The van der Waals surface area contributed by atoms with Gasteiger partial charge in [-0.3, -0.25) is 4.79 Å². The number of nitrogens with one attached hydrogen (secondary N) is 1. The molecule has 3 heterocycles. The first-order chi connectivity index (χ1) is 18.5. The molecule has 0 unspecified atom stereocenters. The van der Waals surface area contributed by atoms with Crippen molar-refractivity contribution in [3.8, 4) is 22.4 Å². The fraction of sp³-hybridized carbons (Fsp3) is 0.250. The average Bonchev–Trinajstić information content (AvgIpc) is 3.38. The lowest BCUT2D eigenvalue weighted by Gasteiger charge is -2.36. The highest BCUT2D eigenvalue weighted by atomic mass is 32.1. The van der Waals surface area contributed by atoms with Crippen LogP contribution < -0.4 is 11.1 Å². The van der Waals surface area contributed by atoms with E-state index in [9.17, 15) is 9.59 Å². The second-order valence-electron chi connectivity index (χ2n) is 8.84. The maximum absolute atomic E-state index is 13.9. The number of thiazole rings is 1. The summed E-state index contributed by atoms with van der Waals surface area (Å²) in [5.74, 6) is -0.438. The predicted molar refractivity (Wildman–Crippen MR) is 146 cm³/mol. The summed E-state index contributed by atoms with van der Waals surface area (Å²) >= 11 is 1.12. The van der Waals surface area contributed by atoms with E-state index in [2.05, 4.69) is 20.3 Å². The van der Waals surface area contributed by atoms with Gasteiger partial charge in [0.05, 0.1) is 17.7 Å². The van der Waals surface area contributed by atoms with E-state index in [1.807, 2.05) is 54.6 Å². The molecule has 0 spiro atoms. The molecule has 1 aliphatic heterocycles. The molecule has 4 aromatic rings. The largest absolute Gasteiger partial charge is 0.462 e. The molecule has 0 aliphatic carbocycles. The quantitative estimate of drug-likeness (QED) is 0.329. The van der Waals surface area contributed by atoms with Crippen LogP contribution in [0.1, 0.15) is 35.0 Å². The molecule has 38 heavy (non-hydrogen) atoms. The summed E-state index contributed by atoms with van der Waals surface area (Å²) in [6.07, 6.45) is 4.37. The summed E-state index contributed by atoms with van der Waals surface area (Å²) in [4.78, 5) is 39.7. The number of ether oxygens (including phenoxy) is 2. The fourth-order valence-electron chi connectivity index (χ4n) is 4.55. The number of hydrogen-bond acceptors (Lipinski definition) is 9. The molecule has 1 amide bonds. The van der Waals surface area contributed by atoms with Gasteiger partial charge < -0.3 is 20.5 Å². The summed E-state index contributed by atoms with van der Waals surface area (Å²) < 4.78 is 10.9. The lowest BCUT2D eigenvalue weighted by molar-refractivity contribution is -0.125. The van der Waals surface area contributed by atoms with Crippen LogP contribution in [0.4, 0.5) is 11.1 Å². The Labute approximate surface area is 224 Å². The highest BCUT2D eigenvalue weighted by Gasteiger charge is 2.42. The lowest BCUT2D eigenvalue weighted by Crippen LogP contribution is -2.44. The van der Waals surface area contributed by atoms with Crippen LogP contribution in [0, 0.1) is 0 Å². The fourth-order valence-corrected chi connectivity index (χ4v) is 5.43. The number of aromatic nitrogens is 3. The number of amides is 1. The molecule has 0 bridgehead atoms. The first kappa shape index (κ1) is 25.5. The minimum Gasteiger partial charge on any atom is -0.462 e. The van der Waals surface area contributed by atoms with Gasteiger partial charge in [0.15, 0.2) is 5.13 Å². The molecule has 2 aromatic heterocycles. The topological polar surface area (TPSA) is 129 Å². The van der Waals surface area contributed by atoms with Crippen LogP contribution >= 0.6 is 11.3 Å². The van der Waals surface area contributed by atoms with E-state index in [-0.39, 0.29) is 18.5 Å². The highest BCUT2D eigenvalue weighted by Crippen LogP contribution is 2.39. The third kappa shape index (κ3) is 5.13. The van der Waals surface area contributed by atoms with Crippen molar-refractivity contribution >= 4 is 34.3 Å². The smallest absolute Gasteiger partial charge is 0.350 e. The molecule has 1 fully saturated rings. The molecular formula is C28H27N5O4S. The van der Waals surface area contributed by atoms with E-state index in [1.54, 1.807) is 19.3 Å². The van der Waals surface area contributed by atoms with Crippen molar-refractivity contribution in [2.75, 3.05) is 30.9 Å². The number of nitrogens with zero attached hydrogens (tertiary/aromatic N) is 3. The Bertz CT molecular complexity index is 1420. The Morgan fingerprint density at radius 2 is 1.68 bits per heavy atom. The Hall–Kier alpha value is -4.15. The maximum Gasteiger partial charge on any atom is 0.350 e. The Kier molecular flexibility index (Phi) is 7.43. The monoisotopic (exact) mass is 529 g/mol. The number of benzene rings is 2. The summed E-state index contributed by atoms with van der Waals surface area (Å²) in [6.45, 7) is 2.92. The molecular weight excluding hydrogens is 502 g/mol. The van der Waals surface area contributed by atoms with Crippen molar-refractivity contribution in [1.29, 1.82) is 0 Å². The molecule has 0 atom stereocenters. The summed E-state index contributed by atoms with van der Waals surface area (Å²) in [5, 5.41) is 3.35. The number of anilines is 2. The lowest BCUT2D eigenvalue weighted by atomic mass is 9.73. The van der Waals surface area contributed by atoms with Gasteiger partial charge in [-0.2, -0.15) is 0 Å². The van der Waals surface area contributed by atoms with E-state index in [0.717, 1.165) is 33.6 Å². The van der Waals surface area contributed by atoms with Crippen molar-refractivity contribution in [1.82, 2.24) is 15.0 Å². The Balaban J connectivity index is 1.45. The summed E-state index contributed by atoms with van der Waals surface area (Å²) in [7, 11) is 0. The van der Waals surface area contributed by atoms with Gasteiger partial charge in [-0.25, -0.2) is 19.7 Å². The van der Waals surface area contributed by atoms with E-state index >= 15 is 0 Å². The molecule has 10 heteroatoms. The molecule has 194 valence electrons. The van der Waals surface area contributed by atoms with Gasteiger partial charge in [0.1, 0.15) is 4.88 Å². The van der Waals surface area contributed by atoms with Crippen LogP contribution in [0.25, 0.3) is 22.4 Å². The van der Waals surface area contributed by atoms with E-state index in [4.69, 9.17) is 15.2 Å². The zero-order valence-electron chi connectivity index (χ0n) is 20.8. The minimum absolute atomic E-state index is 0.187. The second kappa shape index (κ2) is 11.1. The summed E-state index contributed by atoms with van der Waals surface area (Å²) in [6, 6.07) is 17.2. The van der Waals surface area contributed by atoms with Gasteiger partial charge in [0, 0.05) is 36.7 Å². The molecule has 5 rings (SSSR count). The maximum atomic E-state index is 13.9. The average molecular weight is 530 g/mol. The normalized spacial score (nSPS) is 14.6. The highest BCUT2D eigenvalue weighted by molar-refractivity contribution is 7.18. The van der Waals surface area contributed by atoms with Crippen LogP contribution in [0.2, 0.25) is 0 Å². The van der Waals surface area contributed by atoms with Gasteiger partial charge in [-0.15, -0.1) is 0 Å². The number of carbonyl (C=O) groups is 2. The number of carbonyl (C=O) groups excluding carboxylic acids is 2. The van der Waals surface area contributed by atoms with Crippen LogP contribution in [0.15, 0.2) is 67.0 Å². The van der Waals surface area contributed by atoms with Gasteiger partial charge in [-0.1, -0.05) is 65.9 Å². The van der Waals surface area contributed by atoms with Crippen LogP contribution in [0.3, 0.4) is 0 Å². The van der Waals surface area contributed by atoms with E-state index < -0.39 is 11.4 Å². The van der Waals surface area contributed by atoms with Gasteiger partial charge in [-0.05, 0) is 30.9 Å². The van der Waals surface area contributed by atoms with Gasteiger partial charge in [0.25, 0.3) is 0 Å². The summed E-state index contributed by atoms with van der Waals surface area (Å²) in [5.41, 5.74) is 8.69. The Morgan fingerprint density at radius 3 is 2.34 bits per heavy atom. The third-order valence-corrected chi connectivity index (χ3v) is 7.53. The van der Waals surface area contributed by atoms with E-state index in [0.29, 0.717) is 41.8 Å². The van der Waals surface area contributed by atoms with Crippen LogP contribution in [-0.2, 0) is 19.7 Å². The molecule has 0 radical (unpaired) electrons. The second-order valence-corrected chi connectivity index (χ2v) is 9.84. The van der Waals surface area contributed by atoms with Crippen molar-refractivity contribution in [2.24, 2.45) is 0 Å². The Morgan fingerprint density at radius 1 is 1.00 bits per heavy atom. The number of nitrogen functional groups attached to an aromatic ring is 1. The third-order valence-electron chi connectivity index (χ3n) is 6.58. The first-order valence-corrected chi connectivity index (χ1v) is 13.1. The van der Waals surface area contributed by atoms with Gasteiger partial charge >= 0.3 is 5.97 Å². The van der Waals surface area contributed by atoms with Crippen molar-refractivity contribution in [3.05, 3.63) is 77.4 Å². The molecule has 1 aliphatic rings.